The summed E-state index contributed by atoms with van der Waals surface area (Å²) in [7, 11) is -4.09. The van der Waals surface area contributed by atoms with Crippen molar-refractivity contribution >= 4 is 27.0 Å². The van der Waals surface area contributed by atoms with Crippen molar-refractivity contribution in [2.75, 3.05) is 26.2 Å². The van der Waals surface area contributed by atoms with E-state index in [1.165, 1.54) is 29.5 Å². The average molecular weight is 429 g/mol. The molecule has 0 saturated carbocycles. The van der Waals surface area contributed by atoms with Gasteiger partial charge in [-0.25, -0.2) is 13.2 Å². The lowest BCUT2D eigenvalue weighted by atomic mass is 10.3. The van der Waals surface area contributed by atoms with Gasteiger partial charge in [-0.2, -0.15) is 3.97 Å². The van der Waals surface area contributed by atoms with Gasteiger partial charge in [0.2, 0.25) is 5.91 Å². The van der Waals surface area contributed by atoms with Crippen molar-refractivity contribution in [1.29, 1.82) is 0 Å². The maximum Gasteiger partial charge on any atom is 0.343 e. The average Bonchev–Trinajstić information content (AvgIpc) is 3.35. The third-order valence-electron chi connectivity index (χ3n) is 5.33. The van der Waals surface area contributed by atoms with Crippen LogP contribution < -0.4 is 11.0 Å². The first-order valence-corrected chi connectivity index (χ1v) is 11.4. The Morgan fingerprint density at radius 2 is 1.57 bits per heavy atom. The smallest absolute Gasteiger partial charge is 0.343 e. The third-order valence-corrected chi connectivity index (χ3v) is 7.03. The van der Waals surface area contributed by atoms with Gasteiger partial charge in [-0.05, 0) is 50.2 Å². The van der Waals surface area contributed by atoms with Crippen LogP contribution in [0.5, 0.6) is 0 Å². The first-order chi connectivity index (χ1) is 14.5. The fourth-order valence-electron chi connectivity index (χ4n) is 3.82. The summed E-state index contributed by atoms with van der Waals surface area (Å²) in [6.45, 7) is 3.11. The van der Waals surface area contributed by atoms with Crippen molar-refractivity contribution in [3.8, 4) is 0 Å². The SMILES string of the molecule is O=C(Cn1c(=O)n(S(=O)(=O)c2ccccc2)c2ccccc21)NCCN1CCCC1. The number of hydrogen-bond acceptors (Lipinski definition) is 5. The van der Waals surface area contributed by atoms with Gasteiger partial charge in [-0.1, -0.05) is 30.3 Å². The van der Waals surface area contributed by atoms with E-state index in [1.54, 1.807) is 42.5 Å². The molecular weight excluding hydrogens is 404 g/mol. The van der Waals surface area contributed by atoms with E-state index in [1.807, 2.05) is 0 Å². The molecule has 2 aromatic carbocycles. The standard InChI is InChI=1S/C21H24N4O4S/c26-20(22-12-15-23-13-6-7-14-23)16-24-18-10-4-5-11-19(18)25(21(24)27)30(28,29)17-8-2-1-3-9-17/h1-5,8-11H,6-7,12-16H2,(H,22,26). The van der Waals surface area contributed by atoms with Gasteiger partial charge in [-0.15, -0.1) is 0 Å². The van der Waals surface area contributed by atoms with E-state index < -0.39 is 15.7 Å². The quantitative estimate of drug-likeness (QED) is 0.611. The van der Waals surface area contributed by atoms with E-state index >= 15 is 0 Å². The van der Waals surface area contributed by atoms with Crippen LogP contribution in [0.25, 0.3) is 11.0 Å². The Balaban J connectivity index is 1.62. The Kier molecular flexibility index (Phi) is 5.74. The van der Waals surface area contributed by atoms with Crippen LogP contribution in [-0.2, 0) is 21.4 Å². The Labute approximate surface area is 174 Å². The Hall–Kier alpha value is -2.91. The van der Waals surface area contributed by atoms with Crippen molar-refractivity contribution in [3.05, 3.63) is 65.1 Å². The first-order valence-electron chi connectivity index (χ1n) is 9.98. The number of fused-ring (bicyclic) bond motifs is 1. The van der Waals surface area contributed by atoms with Gasteiger partial charge in [0, 0.05) is 13.1 Å². The second kappa shape index (κ2) is 8.45. The second-order valence-corrected chi connectivity index (χ2v) is 9.13. The molecule has 158 valence electrons. The molecule has 0 bridgehead atoms. The summed E-state index contributed by atoms with van der Waals surface area (Å²) < 4.78 is 28.2. The van der Waals surface area contributed by atoms with Gasteiger partial charge >= 0.3 is 5.69 Å². The topological polar surface area (TPSA) is 93.4 Å². The van der Waals surface area contributed by atoms with E-state index in [-0.39, 0.29) is 22.9 Å². The Morgan fingerprint density at radius 1 is 0.933 bits per heavy atom. The lowest BCUT2D eigenvalue weighted by molar-refractivity contribution is -0.121. The number of aromatic nitrogens is 2. The largest absolute Gasteiger partial charge is 0.353 e. The molecule has 8 nitrogen and oxygen atoms in total. The molecule has 4 rings (SSSR count). The molecule has 1 aromatic heterocycles. The molecular formula is C21H24N4O4S. The minimum Gasteiger partial charge on any atom is -0.353 e. The summed E-state index contributed by atoms with van der Waals surface area (Å²) in [6, 6.07) is 14.4. The molecule has 9 heteroatoms. The molecule has 1 fully saturated rings. The number of carbonyl (C=O) groups excluding carboxylic acids is 1. The van der Waals surface area contributed by atoms with E-state index in [0.29, 0.717) is 12.1 Å². The van der Waals surface area contributed by atoms with Crippen LogP contribution in [0.3, 0.4) is 0 Å². The zero-order valence-electron chi connectivity index (χ0n) is 16.5. The molecule has 30 heavy (non-hydrogen) atoms. The predicted molar refractivity (Wildman–Crippen MR) is 114 cm³/mol. The van der Waals surface area contributed by atoms with Gasteiger partial charge in [0.05, 0.1) is 15.9 Å². The molecule has 1 aliphatic heterocycles. The van der Waals surface area contributed by atoms with Crippen LogP contribution in [0.1, 0.15) is 12.8 Å². The zero-order chi connectivity index (χ0) is 21.1. The third kappa shape index (κ3) is 3.90. The molecule has 1 saturated heterocycles. The summed E-state index contributed by atoms with van der Waals surface area (Å²) in [5.41, 5.74) is -0.109. The number of carbonyl (C=O) groups is 1. The lowest BCUT2D eigenvalue weighted by Crippen LogP contribution is -2.38. The van der Waals surface area contributed by atoms with Crippen molar-refractivity contribution in [2.24, 2.45) is 0 Å². The highest BCUT2D eigenvalue weighted by molar-refractivity contribution is 7.90. The molecule has 1 N–H and O–H groups in total. The van der Waals surface area contributed by atoms with E-state index in [0.717, 1.165) is 23.6 Å². The Morgan fingerprint density at radius 3 is 2.27 bits per heavy atom. The molecule has 3 aromatic rings. The highest BCUT2D eigenvalue weighted by Gasteiger charge is 2.25. The summed E-state index contributed by atoms with van der Waals surface area (Å²) >= 11 is 0. The summed E-state index contributed by atoms with van der Waals surface area (Å²) in [5.74, 6) is -0.323. The van der Waals surface area contributed by atoms with E-state index in [4.69, 9.17) is 0 Å². The van der Waals surface area contributed by atoms with Crippen molar-refractivity contribution in [3.63, 3.8) is 0 Å². The van der Waals surface area contributed by atoms with Crippen molar-refractivity contribution < 1.29 is 13.2 Å². The highest BCUT2D eigenvalue weighted by atomic mass is 32.2. The molecule has 2 heterocycles. The van der Waals surface area contributed by atoms with Gasteiger partial charge in [0.25, 0.3) is 10.0 Å². The summed E-state index contributed by atoms with van der Waals surface area (Å²) in [4.78, 5) is 27.8. The first kappa shape index (κ1) is 20.4. The van der Waals surface area contributed by atoms with Crippen LogP contribution in [-0.4, -0.2) is 53.9 Å². The number of hydrogen-bond donors (Lipinski definition) is 1. The number of para-hydroxylation sites is 2. The Bertz CT molecular complexity index is 1210. The van der Waals surface area contributed by atoms with Crippen LogP contribution in [0, 0.1) is 0 Å². The van der Waals surface area contributed by atoms with Crippen molar-refractivity contribution in [1.82, 2.24) is 18.8 Å². The van der Waals surface area contributed by atoms with Gasteiger partial charge in [0.15, 0.2) is 0 Å². The highest BCUT2D eigenvalue weighted by Crippen LogP contribution is 2.19. The monoisotopic (exact) mass is 428 g/mol. The number of imidazole rings is 1. The normalized spacial score (nSPS) is 14.9. The zero-order valence-corrected chi connectivity index (χ0v) is 17.3. The fourth-order valence-corrected chi connectivity index (χ4v) is 5.25. The minimum absolute atomic E-state index is 0.0186. The summed E-state index contributed by atoms with van der Waals surface area (Å²) in [6.07, 6.45) is 2.36. The molecule has 0 aliphatic carbocycles. The maximum absolute atomic E-state index is 13.1. The minimum atomic E-state index is -4.09. The van der Waals surface area contributed by atoms with E-state index in [9.17, 15) is 18.0 Å². The number of rotatable bonds is 7. The molecule has 1 aliphatic rings. The molecule has 0 unspecified atom stereocenters. The van der Waals surface area contributed by atoms with Crippen LogP contribution in [0.2, 0.25) is 0 Å². The molecule has 1 amide bonds. The molecule has 0 radical (unpaired) electrons. The fraction of sp³-hybridized carbons (Fsp3) is 0.333. The predicted octanol–water partition coefficient (Wildman–Crippen LogP) is 1.25. The number of likely N-dealkylation sites (tertiary alicyclic amines) is 1. The summed E-state index contributed by atoms with van der Waals surface area (Å²) in [5, 5.41) is 2.83. The van der Waals surface area contributed by atoms with Crippen LogP contribution >= 0.6 is 0 Å². The maximum atomic E-state index is 13.1. The van der Waals surface area contributed by atoms with Crippen LogP contribution in [0.15, 0.2) is 64.3 Å². The number of nitrogens with one attached hydrogen (secondary N) is 1. The lowest BCUT2D eigenvalue weighted by Gasteiger charge is -2.14. The van der Waals surface area contributed by atoms with Gasteiger partial charge in [-0.3, -0.25) is 9.36 Å². The van der Waals surface area contributed by atoms with Gasteiger partial charge < -0.3 is 10.2 Å². The molecule has 0 spiro atoms. The molecule has 0 atom stereocenters. The van der Waals surface area contributed by atoms with Gasteiger partial charge in [0.1, 0.15) is 6.54 Å². The number of amides is 1. The number of nitrogens with zero attached hydrogens (tertiary/aromatic N) is 3. The second-order valence-electron chi connectivity index (χ2n) is 7.34. The number of benzene rings is 2. The van der Waals surface area contributed by atoms with E-state index in [2.05, 4.69) is 10.2 Å². The van der Waals surface area contributed by atoms with Crippen molar-refractivity contribution in [2.45, 2.75) is 24.3 Å². The van der Waals surface area contributed by atoms with Crippen LogP contribution in [0.4, 0.5) is 0 Å².